The third kappa shape index (κ3) is 4.03. The molecular formula is C22H23N5O2. The lowest BCUT2D eigenvalue weighted by molar-refractivity contribution is -0.132. The molecule has 2 aromatic heterocycles. The van der Waals surface area contributed by atoms with Gasteiger partial charge >= 0.3 is 0 Å². The molecule has 0 radical (unpaired) electrons. The second-order valence-corrected chi connectivity index (χ2v) is 7.06. The summed E-state index contributed by atoms with van der Waals surface area (Å²) in [6, 6.07) is 15.3. The van der Waals surface area contributed by atoms with E-state index < -0.39 is 0 Å². The molecule has 4 rings (SSSR count). The van der Waals surface area contributed by atoms with Gasteiger partial charge in [-0.15, -0.1) is 0 Å². The van der Waals surface area contributed by atoms with Crippen LogP contribution in [0.15, 0.2) is 60.9 Å². The number of hydrogen-bond donors (Lipinski definition) is 0. The van der Waals surface area contributed by atoms with Gasteiger partial charge in [-0.05, 0) is 31.2 Å². The van der Waals surface area contributed by atoms with Crippen molar-refractivity contribution >= 4 is 11.8 Å². The largest absolute Gasteiger partial charge is 0.339 e. The van der Waals surface area contributed by atoms with Crippen molar-refractivity contribution in [2.24, 2.45) is 0 Å². The van der Waals surface area contributed by atoms with E-state index in [2.05, 4.69) is 10.1 Å². The first kappa shape index (κ1) is 18.9. The first-order valence-corrected chi connectivity index (χ1v) is 9.70. The molecule has 29 heavy (non-hydrogen) atoms. The molecule has 7 heteroatoms. The zero-order chi connectivity index (χ0) is 20.2. The van der Waals surface area contributed by atoms with Crippen molar-refractivity contribution in [2.45, 2.75) is 13.3 Å². The number of aromatic nitrogens is 3. The number of amides is 2. The Morgan fingerprint density at radius 1 is 0.931 bits per heavy atom. The standard InChI is InChI=1S/C22H23N5O2/c1-17-20(16-24-27(17)19-8-3-2-4-9-19)22(29)26-13-11-25(12-14-26)21(28)15-18-7-5-6-10-23-18/h2-10,16H,11-15H2,1H3. The van der Waals surface area contributed by atoms with Crippen LogP contribution >= 0.6 is 0 Å². The van der Waals surface area contributed by atoms with Crippen LogP contribution in [0.2, 0.25) is 0 Å². The Balaban J connectivity index is 1.38. The summed E-state index contributed by atoms with van der Waals surface area (Å²) in [7, 11) is 0. The van der Waals surface area contributed by atoms with Crippen LogP contribution in [0.4, 0.5) is 0 Å². The average Bonchev–Trinajstić information content (AvgIpc) is 3.16. The number of benzene rings is 1. The topological polar surface area (TPSA) is 71.3 Å². The third-order valence-corrected chi connectivity index (χ3v) is 5.22. The van der Waals surface area contributed by atoms with E-state index in [0.29, 0.717) is 31.7 Å². The van der Waals surface area contributed by atoms with Crippen molar-refractivity contribution in [3.63, 3.8) is 0 Å². The Bertz CT molecular complexity index is 993. The van der Waals surface area contributed by atoms with Gasteiger partial charge in [0.2, 0.25) is 5.91 Å². The highest BCUT2D eigenvalue weighted by Crippen LogP contribution is 2.17. The summed E-state index contributed by atoms with van der Waals surface area (Å²) in [6.45, 7) is 4.00. The average molecular weight is 389 g/mol. The monoisotopic (exact) mass is 389 g/mol. The number of carbonyl (C=O) groups is 2. The number of carbonyl (C=O) groups excluding carboxylic acids is 2. The van der Waals surface area contributed by atoms with Gasteiger partial charge in [0.1, 0.15) is 0 Å². The Hall–Kier alpha value is -3.48. The lowest BCUT2D eigenvalue weighted by Gasteiger charge is -2.34. The lowest BCUT2D eigenvalue weighted by atomic mass is 10.2. The molecular weight excluding hydrogens is 366 g/mol. The van der Waals surface area contributed by atoms with Crippen LogP contribution in [0.3, 0.4) is 0 Å². The molecule has 148 valence electrons. The van der Waals surface area contributed by atoms with Gasteiger partial charge in [-0.25, -0.2) is 4.68 Å². The smallest absolute Gasteiger partial charge is 0.257 e. The first-order chi connectivity index (χ1) is 14.1. The van der Waals surface area contributed by atoms with E-state index in [-0.39, 0.29) is 18.2 Å². The molecule has 0 bridgehead atoms. The van der Waals surface area contributed by atoms with Gasteiger partial charge in [0.15, 0.2) is 0 Å². The molecule has 0 N–H and O–H groups in total. The minimum absolute atomic E-state index is 0.0403. The van der Waals surface area contributed by atoms with E-state index in [4.69, 9.17) is 0 Å². The molecule has 1 aliphatic heterocycles. The summed E-state index contributed by atoms with van der Waals surface area (Å²) < 4.78 is 1.78. The zero-order valence-corrected chi connectivity index (χ0v) is 16.4. The van der Waals surface area contributed by atoms with Crippen LogP contribution in [-0.2, 0) is 11.2 Å². The molecule has 0 saturated carbocycles. The summed E-state index contributed by atoms with van der Waals surface area (Å²) in [5.41, 5.74) is 3.10. The Kier molecular flexibility index (Phi) is 5.37. The molecule has 0 spiro atoms. The van der Waals surface area contributed by atoms with Crippen molar-refractivity contribution in [3.8, 4) is 5.69 Å². The Morgan fingerprint density at radius 2 is 1.62 bits per heavy atom. The number of nitrogens with zero attached hydrogens (tertiary/aromatic N) is 5. The molecule has 1 aromatic carbocycles. The van der Waals surface area contributed by atoms with E-state index in [9.17, 15) is 9.59 Å². The predicted octanol–water partition coefficient (Wildman–Crippen LogP) is 2.10. The Labute approximate surface area is 169 Å². The highest BCUT2D eigenvalue weighted by molar-refractivity contribution is 5.95. The van der Waals surface area contributed by atoms with Crippen molar-refractivity contribution < 1.29 is 9.59 Å². The molecule has 2 amide bonds. The van der Waals surface area contributed by atoms with Crippen LogP contribution in [0, 0.1) is 6.92 Å². The van der Waals surface area contributed by atoms with Crippen LogP contribution in [0.25, 0.3) is 5.69 Å². The van der Waals surface area contributed by atoms with Crippen molar-refractivity contribution in [2.75, 3.05) is 26.2 Å². The van der Waals surface area contributed by atoms with Gasteiger partial charge in [0.25, 0.3) is 5.91 Å². The van der Waals surface area contributed by atoms with Crippen LogP contribution in [-0.4, -0.2) is 62.6 Å². The van der Waals surface area contributed by atoms with Crippen LogP contribution < -0.4 is 0 Å². The second-order valence-electron chi connectivity index (χ2n) is 7.06. The van der Waals surface area contributed by atoms with E-state index >= 15 is 0 Å². The van der Waals surface area contributed by atoms with Gasteiger partial charge in [-0.3, -0.25) is 14.6 Å². The number of para-hydroxylation sites is 1. The fourth-order valence-electron chi connectivity index (χ4n) is 3.55. The van der Waals surface area contributed by atoms with E-state index in [0.717, 1.165) is 17.1 Å². The third-order valence-electron chi connectivity index (χ3n) is 5.22. The van der Waals surface area contributed by atoms with Crippen molar-refractivity contribution in [1.29, 1.82) is 0 Å². The first-order valence-electron chi connectivity index (χ1n) is 9.70. The maximum absolute atomic E-state index is 13.0. The van der Waals surface area contributed by atoms with E-state index in [1.807, 2.05) is 55.5 Å². The number of piperazine rings is 1. The molecule has 1 saturated heterocycles. The van der Waals surface area contributed by atoms with Gasteiger partial charge in [0, 0.05) is 38.1 Å². The summed E-state index contributed by atoms with van der Waals surface area (Å²) in [5.74, 6) is 0.00498. The number of rotatable bonds is 4. The van der Waals surface area contributed by atoms with Gasteiger partial charge in [-0.2, -0.15) is 5.10 Å². The molecule has 3 aromatic rings. The molecule has 3 heterocycles. The molecule has 0 unspecified atom stereocenters. The summed E-state index contributed by atoms with van der Waals surface area (Å²) in [5, 5.41) is 4.39. The predicted molar refractivity (Wildman–Crippen MR) is 109 cm³/mol. The summed E-state index contributed by atoms with van der Waals surface area (Å²) in [6.07, 6.45) is 3.61. The summed E-state index contributed by atoms with van der Waals surface area (Å²) >= 11 is 0. The van der Waals surface area contributed by atoms with E-state index in [1.54, 1.807) is 26.9 Å². The van der Waals surface area contributed by atoms with E-state index in [1.165, 1.54) is 0 Å². The van der Waals surface area contributed by atoms with Gasteiger partial charge in [0.05, 0.1) is 29.6 Å². The van der Waals surface area contributed by atoms with Gasteiger partial charge in [-0.1, -0.05) is 24.3 Å². The van der Waals surface area contributed by atoms with Crippen molar-refractivity contribution in [3.05, 3.63) is 77.9 Å². The lowest BCUT2D eigenvalue weighted by Crippen LogP contribution is -2.51. The quantitative estimate of drug-likeness (QED) is 0.685. The fraction of sp³-hybridized carbons (Fsp3) is 0.273. The highest BCUT2D eigenvalue weighted by Gasteiger charge is 2.27. The number of hydrogen-bond acceptors (Lipinski definition) is 4. The zero-order valence-electron chi connectivity index (χ0n) is 16.4. The Morgan fingerprint density at radius 3 is 2.31 bits per heavy atom. The molecule has 0 atom stereocenters. The SMILES string of the molecule is Cc1c(C(=O)N2CCN(C(=O)Cc3ccccn3)CC2)cnn1-c1ccccc1. The molecule has 1 fully saturated rings. The normalized spacial score (nSPS) is 14.1. The summed E-state index contributed by atoms with van der Waals surface area (Å²) in [4.78, 5) is 33.3. The second kappa shape index (κ2) is 8.26. The highest BCUT2D eigenvalue weighted by atomic mass is 16.2. The molecule has 1 aliphatic rings. The minimum Gasteiger partial charge on any atom is -0.339 e. The van der Waals surface area contributed by atoms with Crippen LogP contribution in [0.1, 0.15) is 21.7 Å². The molecule has 7 nitrogen and oxygen atoms in total. The van der Waals surface area contributed by atoms with Crippen molar-refractivity contribution in [1.82, 2.24) is 24.6 Å². The minimum atomic E-state index is -0.0403. The number of pyridine rings is 1. The maximum Gasteiger partial charge on any atom is 0.257 e. The van der Waals surface area contributed by atoms with Crippen LogP contribution in [0.5, 0.6) is 0 Å². The van der Waals surface area contributed by atoms with Gasteiger partial charge < -0.3 is 9.80 Å². The fourth-order valence-corrected chi connectivity index (χ4v) is 3.55. The molecule has 0 aliphatic carbocycles. The maximum atomic E-state index is 13.0.